The summed E-state index contributed by atoms with van der Waals surface area (Å²) in [5, 5.41) is 13.3. The molecule has 1 heterocycles. The Labute approximate surface area is 105 Å². The van der Waals surface area contributed by atoms with Gasteiger partial charge in [0.15, 0.2) is 0 Å². The minimum Gasteiger partial charge on any atom is -0.386 e. The molecular weight excluding hydrogens is 236 g/mol. The molecule has 0 bridgehead atoms. The van der Waals surface area contributed by atoms with Gasteiger partial charge in [-0.1, -0.05) is 18.2 Å². The van der Waals surface area contributed by atoms with Crippen molar-refractivity contribution in [3.8, 4) is 0 Å². The first kappa shape index (κ1) is 12.5. The molecule has 1 unspecified atom stereocenters. The maximum atomic E-state index is 10.1. The molecule has 1 N–H and O–H groups in total. The van der Waals surface area contributed by atoms with Crippen molar-refractivity contribution in [2.24, 2.45) is 0 Å². The van der Waals surface area contributed by atoms with Crippen LogP contribution in [0.15, 0.2) is 29.6 Å². The van der Waals surface area contributed by atoms with Gasteiger partial charge in [-0.05, 0) is 16.8 Å². The Kier molecular flexibility index (Phi) is 4.50. The van der Waals surface area contributed by atoms with Crippen LogP contribution in [0.5, 0.6) is 0 Å². The van der Waals surface area contributed by atoms with E-state index in [9.17, 15) is 5.11 Å². The molecule has 0 saturated carbocycles. The highest BCUT2D eigenvalue weighted by molar-refractivity contribution is 7.17. The fourth-order valence-electron chi connectivity index (χ4n) is 1.71. The lowest BCUT2D eigenvalue weighted by atomic mass is 10.1. The van der Waals surface area contributed by atoms with Crippen LogP contribution in [0, 0.1) is 0 Å². The van der Waals surface area contributed by atoms with Crippen LogP contribution in [-0.4, -0.2) is 32.0 Å². The van der Waals surface area contributed by atoms with Gasteiger partial charge in [0.1, 0.15) is 6.10 Å². The maximum Gasteiger partial charge on any atom is 0.104 e. The number of aliphatic hydroxyl groups is 1. The van der Waals surface area contributed by atoms with Gasteiger partial charge in [-0.15, -0.1) is 11.3 Å². The third-order valence-corrected chi connectivity index (χ3v) is 3.56. The third-order valence-electron chi connectivity index (χ3n) is 2.58. The van der Waals surface area contributed by atoms with Crippen molar-refractivity contribution >= 4 is 21.4 Å². The maximum absolute atomic E-state index is 10.1. The second kappa shape index (κ2) is 6.12. The summed E-state index contributed by atoms with van der Waals surface area (Å²) in [5.41, 5.74) is 0.940. The number of methoxy groups -OCH3 is 1. The summed E-state index contributed by atoms with van der Waals surface area (Å²) in [6.07, 6.45) is -0.575. The molecule has 17 heavy (non-hydrogen) atoms. The van der Waals surface area contributed by atoms with Crippen molar-refractivity contribution in [1.29, 1.82) is 0 Å². The van der Waals surface area contributed by atoms with Crippen LogP contribution in [0.1, 0.15) is 11.7 Å². The predicted octanol–water partition coefficient (Wildman–Crippen LogP) is 2.60. The molecule has 1 atom stereocenters. The first-order valence-electron chi connectivity index (χ1n) is 5.54. The Morgan fingerprint density at radius 3 is 3.00 bits per heavy atom. The number of hydrogen-bond acceptors (Lipinski definition) is 4. The quantitative estimate of drug-likeness (QED) is 0.803. The minimum absolute atomic E-state index is 0.306. The largest absolute Gasteiger partial charge is 0.386 e. The zero-order chi connectivity index (χ0) is 12.1. The van der Waals surface area contributed by atoms with E-state index < -0.39 is 6.10 Å². The van der Waals surface area contributed by atoms with Crippen LogP contribution < -0.4 is 0 Å². The SMILES string of the molecule is COCCOCC(O)c1cccc2ccsc12. The zero-order valence-corrected chi connectivity index (χ0v) is 10.6. The molecule has 4 heteroatoms. The van der Waals surface area contributed by atoms with Crippen molar-refractivity contribution in [1.82, 2.24) is 0 Å². The van der Waals surface area contributed by atoms with Gasteiger partial charge in [-0.2, -0.15) is 0 Å². The molecule has 0 amide bonds. The van der Waals surface area contributed by atoms with Gasteiger partial charge in [-0.3, -0.25) is 0 Å². The summed E-state index contributed by atoms with van der Waals surface area (Å²) in [5.74, 6) is 0. The van der Waals surface area contributed by atoms with E-state index in [1.54, 1.807) is 18.4 Å². The zero-order valence-electron chi connectivity index (χ0n) is 9.76. The van der Waals surface area contributed by atoms with Gasteiger partial charge in [-0.25, -0.2) is 0 Å². The van der Waals surface area contributed by atoms with Crippen LogP contribution in [-0.2, 0) is 9.47 Å². The first-order valence-corrected chi connectivity index (χ1v) is 6.41. The average Bonchev–Trinajstić information content (AvgIpc) is 2.82. The van der Waals surface area contributed by atoms with Crippen LogP contribution >= 0.6 is 11.3 Å². The van der Waals surface area contributed by atoms with E-state index in [0.717, 1.165) is 10.3 Å². The van der Waals surface area contributed by atoms with E-state index in [4.69, 9.17) is 9.47 Å². The van der Waals surface area contributed by atoms with Crippen LogP contribution in [0.3, 0.4) is 0 Å². The van der Waals surface area contributed by atoms with E-state index in [1.807, 2.05) is 23.6 Å². The Morgan fingerprint density at radius 1 is 1.29 bits per heavy atom. The second-order valence-corrected chi connectivity index (χ2v) is 4.69. The Bertz CT molecular complexity index is 466. The van der Waals surface area contributed by atoms with Gasteiger partial charge in [0.25, 0.3) is 0 Å². The topological polar surface area (TPSA) is 38.7 Å². The summed E-state index contributed by atoms with van der Waals surface area (Å²) in [7, 11) is 1.63. The Balaban J connectivity index is 2.03. The van der Waals surface area contributed by atoms with E-state index in [1.165, 1.54) is 5.39 Å². The van der Waals surface area contributed by atoms with Crippen molar-refractivity contribution in [3.05, 3.63) is 35.2 Å². The lowest BCUT2D eigenvalue weighted by Crippen LogP contribution is -2.10. The van der Waals surface area contributed by atoms with E-state index >= 15 is 0 Å². The lowest BCUT2D eigenvalue weighted by molar-refractivity contribution is 0.0132. The number of benzene rings is 1. The Hall–Kier alpha value is -0.940. The average molecular weight is 252 g/mol. The molecule has 0 saturated heterocycles. The number of rotatable bonds is 6. The van der Waals surface area contributed by atoms with E-state index in [0.29, 0.717) is 19.8 Å². The molecule has 0 fully saturated rings. The normalized spacial score (nSPS) is 13.1. The van der Waals surface area contributed by atoms with Crippen LogP contribution in [0.4, 0.5) is 0 Å². The monoisotopic (exact) mass is 252 g/mol. The molecule has 3 nitrogen and oxygen atoms in total. The number of fused-ring (bicyclic) bond motifs is 1. The summed E-state index contributed by atoms with van der Waals surface area (Å²) in [6.45, 7) is 1.37. The summed E-state index contributed by atoms with van der Waals surface area (Å²) < 4.78 is 11.4. The van der Waals surface area contributed by atoms with E-state index in [-0.39, 0.29) is 0 Å². The third kappa shape index (κ3) is 3.04. The molecule has 1 aromatic carbocycles. The Morgan fingerprint density at radius 2 is 2.18 bits per heavy atom. The predicted molar refractivity (Wildman–Crippen MR) is 69.5 cm³/mol. The lowest BCUT2D eigenvalue weighted by Gasteiger charge is -2.12. The fraction of sp³-hybridized carbons (Fsp3) is 0.385. The van der Waals surface area contributed by atoms with E-state index in [2.05, 4.69) is 6.07 Å². The smallest absolute Gasteiger partial charge is 0.104 e. The molecule has 2 rings (SSSR count). The fourth-order valence-corrected chi connectivity index (χ4v) is 2.67. The van der Waals surface area contributed by atoms with Crippen molar-refractivity contribution < 1.29 is 14.6 Å². The molecular formula is C13H16O3S. The molecule has 0 radical (unpaired) electrons. The summed E-state index contributed by atoms with van der Waals surface area (Å²) in [4.78, 5) is 0. The molecule has 0 aliphatic carbocycles. The summed E-state index contributed by atoms with van der Waals surface area (Å²) >= 11 is 1.65. The van der Waals surface area contributed by atoms with Gasteiger partial charge in [0.05, 0.1) is 19.8 Å². The van der Waals surface area contributed by atoms with Gasteiger partial charge >= 0.3 is 0 Å². The van der Waals surface area contributed by atoms with Crippen molar-refractivity contribution in [2.45, 2.75) is 6.10 Å². The highest BCUT2D eigenvalue weighted by atomic mass is 32.1. The van der Waals surface area contributed by atoms with Gasteiger partial charge in [0.2, 0.25) is 0 Å². The summed E-state index contributed by atoms with van der Waals surface area (Å²) in [6, 6.07) is 8.02. The standard InChI is InChI=1S/C13H16O3S/c1-15-6-7-16-9-12(14)11-4-2-3-10-5-8-17-13(10)11/h2-5,8,12,14H,6-7,9H2,1H3. The molecule has 2 aromatic rings. The molecule has 1 aromatic heterocycles. The van der Waals surface area contributed by atoms with Crippen LogP contribution in [0.2, 0.25) is 0 Å². The molecule has 0 aliphatic heterocycles. The number of hydrogen-bond donors (Lipinski definition) is 1. The highest BCUT2D eigenvalue weighted by Crippen LogP contribution is 2.28. The molecule has 0 aliphatic rings. The van der Waals surface area contributed by atoms with Crippen molar-refractivity contribution in [3.63, 3.8) is 0 Å². The van der Waals surface area contributed by atoms with Crippen LogP contribution in [0.25, 0.3) is 10.1 Å². The number of aliphatic hydroxyl groups excluding tert-OH is 1. The highest BCUT2D eigenvalue weighted by Gasteiger charge is 2.11. The van der Waals surface area contributed by atoms with Crippen molar-refractivity contribution in [2.75, 3.05) is 26.9 Å². The molecule has 0 spiro atoms. The molecule has 92 valence electrons. The second-order valence-electron chi connectivity index (χ2n) is 3.77. The number of thiophene rings is 1. The van der Waals surface area contributed by atoms with Gasteiger partial charge < -0.3 is 14.6 Å². The minimum atomic E-state index is -0.575. The van der Waals surface area contributed by atoms with Gasteiger partial charge in [0, 0.05) is 17.4 Å². The number of ether oxygens (including phenoxy) is 2. The first-order chi connectivity index (χ1) is 8.33.